The maximum atomic E-state index is 13.0. The zero-order chi connectivity index (χ0) is 22.1. The third-order valence-electron chi connectivity index (χ3n) is 5.60. The van der Waals surface area contributed by atoms with E-state index >= 15 is 0 Å². The van der Waals surface area contributed by atoms with Crippen molar-refractivity contribution in [1.82, 2.24) is 20.0 Å². The van der Waals surface area contributed by atoms with Gasteiger partial charge in [-0.25, -0.2) is 0 Å². The van der Waals surface area contributed by atoms with Crippen LogP contribution in [-0.4, -0.2) is 27.7 Å². The number of ether oxygens (including phenoxy) is 1. The molecule has 1 saturated carbocycles. The Bertz CT molecular complexity index is 1350. The van der Waals surface area contributed by atoms with Gasteiger partial charge < -0.3 is 14.6 Å². The predicted molar refractivity (Wildman–Crippen MR) is 118 cm³/mol. The van der Waals surface area contributed by atoms with Gasteiger partial charge in [-0.3, -0.25) is 14.2 Å². The van der Waals surface area contributed by atoms with E-state index in [1.165, 1.54) is 10.6 Å². The third kappa shape index (κ3) is 3.87. The van der Waals surface area contributed by atoms with Crippen LogP contribution in [0.25, 0.3) is 22.4 Å². The van der Waals surface area contributed by atoms with Crippen molar-refractivity contribution < 1.29 is 14.1 Å². The molecular formula is C24H22N4O4. The van der Waals surface area contributed by atoms with Gasteiger partial charge in [0.15, 0.2) is 5.82 Å². The molecule has 1 amide bonds. The largest absolute Gasteiger partial charge is 0.496 e. The van der Waals surface area contributed by atoms with Gasteiger partial charge in [-0.1, -0.05) is 41.6 Å². The summed E-state index contributed by atoms with van der Waals surface area (Å²) in [6.45, 7) is 0.200. The number of amides is 1. The molecular weight excluding hydrogens is 408 g/mol. The van der Waals surface area contributed by atoms with Gasteiger partial charge in [0.05, 0.1) is 18.2 Å². The Kier molecular flexibility index (Phi) is 5.18. The fourth-order valence-electron chi connectivity index (χ4n) is 3.77. The topological polar surface area (TPSA) is 99.2 Å². The molecule has 32 heavy (non-hydrogen) atoms. The second kappa shape index (κ2) is 8.30. The van der Waals surface area contributed by atoms with Crippen LogP contribution in [0.2, 0.25) is 0 Å². The molecule has 0 bridgehead atoms. The maximum Gasteiger partial charge on any atom is 0.258 e. The predicted octanol–water partition coefficient (Wildman–Crippen LogP) is 3.25. The maximum absolute atomic E-state index is 13.0. The highest BCUT2D eigenvalue weighted by Crippen LogP contribution is 2.39. The van der Waals surface area contributed by atoms with Crippen LogP contribution in [0.15, 0.2) is 63.9 Å². The standard InChI is InChI=1S/C24H22N4O4/c1-31-20-9-5-2-6-16(20)13-25-21(29)14-28-19-8-4-3-7-17(19)18(12-22(28)30)24-26-23(27-32-24)15-10-11-15/h2-9,12,15H,10-11,13-14H2,1H3,(H,25,29). The monoisotopic (exact) mass is 430 g/mol. The minimum atomic E-state index is -0.308. The molecule has 162 valence electrons. The SMILES string of the molecule is COc1ccccc1CNC(=O)Cn1c(=O)cc(-c2nc(C3CC3)no2)c2ccccc21. The van der Waals surface area contributed by atoms with Crippen molar-refractivity contribution in [2.45, 2.75) is 31.8 Å². The lowest BCUT2D eigenvalue weighted by Crippen LogP contribution is -2.32. The molecule has 0 spiro atoms. The lowest BCUT2D eigenvalue weighted by atomic mass is 10.1. The normalized spacial score (nSPS) is 13.3. The lowest BCUT2D eigenvalue weighted by molar-refractivity contribution is -0.121. The summed E-state index contributed by atoms with van der Waals surface area (Å²) in [6.07, 6.45) is 2.12. The Labute approximate surface area is 183 Å². The zero-order valence-electron chi connectivity index (χ0n) is 17.6. The number of hydrogen-bond acceptors (Lipinski definition) is 6. The molecule has 4 aromatic rings. The van der Waals surface area contributed by atoms with Crippen molar-refractivity contribution in [1.29, 1.82) is 0 Å². The number of carbonyl (C=O) groups excluding carboxylic acids is 1. The van der Waals surface area contributed by atoms with Crippen molar-refractivity contribution in [3.63, 3.8) is 0 Å². The third-order valence-corrected chi connectivity index (χ3v) is 5.60. The van der Waals surface area contributed by atoms with E-state index in [4.69, 9.17) is 9.26 Å². The van der Waals surface area contributed by atoms with Crippen molar-refractivity contribution in [2.75, 3.05) is 7.11 Å². The molecule has 0 saturated heterocycles. The first-order valence-corrected chi connectivity index (χ1v) is 10.5. The number of nitrogens with one attached hydrogen (secondary N) is 1. The number of aromatic nitrogens is 3. The molecule has 1 aliphatic carbocycles. The van der Waals surface area contributed by atoms with E-state index in [0.717, 1.165) is 23.8 Å². The number of benzene rings is 2. The minimum absolute atomic E-state index is 0.105. The summed E-state index contributed by atoms with van der Waals surface area (Å²) in [5, 5.41) is 7.70. The van der Waals surface area contributed by atoms with Gasteiger partial charge in [-0.2, -0.15) is 4.98 Å². The van der Waals surface area contributed by atoms with Crippen molar-refractivity contribution >= 4 is 16.8 Å². The number of nitrogens with zero attached hydrogens (tertiary/aromatic N) is 3. The van der Waals surface area contributed by atoms with Gasteiger partial charge in [0, 0.05) is 29.5 Å². The fourth-order valence-corrected chi connectivity index (χ4v) is 3.77. The second-order valence-electron chi connectivity index (χ2n) is 7.82. The number of fused-ring (bicyclic) bond motifs is 1. The Morgan fingerprint density at radius 2 is 1.97 bits per heavy atom. The number of carbonyl (C=O) groups is 1. The molecule has 0 radical (unpaired) electrons. The number of hydrogen-bond donors (Lipinski definition) is 1. The van der Waals surface area contributed by atoms with Gasteiger partial charge in [0.25, 0.3) is 11.4 Å². The number of pyridine rings is 1. The summed E-state index contributed by atoms with van der Waals surface area (Å²) < 4.78 is 12.2. The molecule has 2 heterocycles. The van der Waals surface area contributed by atoms with Gasteiger partial charge >= 0.3 is 0 Å². The van der Waals surface area contributed by atoms with E-state index in [2.05, 4.69) is 15.5 Å². The fraction of sp³-hybridized carbons (Fsp3) is 0.250. The molecule has 2 aromatic carbocycles. The Hall–Kier alpha value is -3.94. The Morgan fingerprint density at radius 1 is 1.19 bits per heavy atom. The van der Waals surface area contributed by atoms with E-state index in [9.17, 15) is 9.59 Å². The van der Waals surface area contributed by atoms with Crippen LogP contribution in [0, 0.1) is 0 Å². The van der Waals surface area contributed by atoms with Crippen LogP contribution in [-0.2, 0) is 17.9 Å². The molecule has 8 nitrogen and oxygen atoms in total. The van der Waals surface area contributed by atoms with Crippen LogP contribution >= 0.6 is 0 Å². The first-order chi connectivity index (χ1) is 15.6. The minimum Gasteiger partial charge on any atom is -0.496 e. The Balaban J connectivity index is 1.42. The molecule has 2 aromatic heterocycles. The van der Waals surface area contributed by atoms with Crippen LogP contribution in [0.1, 0.15) is 30.1 Å². The van der Waals surface area contributed by atoms with Gasteiger partial charge in [-0.05, 0) is 25.0 Å². The molecule has 1 N–H and O–H groups in total. The summed E-state index contributed by atoms with van der Waals surface area (Å²) in [4.78, 5) is 30.1. The number of methoxy groups -OCH3 is 1. The van der Waals surface area contributed by atoms with Crippen molar-refractivity contribution in [3.05, 3.63) is 76.3 Å². The van der Waals surface area contributed by atoms with E-state index < -0.39 is 0 Å². The molecule has 8 heteroatoms. The van der Waals surface area contributed by atoms with Gasteiger partial charge in [0.1, 0.15) is 12.3 Å². The molecule has 1 fully saturated rings. The van der Waals surface area contributed by atoms with E-state index in [0.29, 0.717) is 41.0 Å². The van der Waals surface area contributed by atoms with Gasteiger partial charge in [0.2, 0.25) is 5.91 Å². The van der Waals surface area contributed by atoms with E-state index in [-0.39, 0.29) is 18.0 Å². The van der Waals surface area contributed by atoms with Crippen LogP contribution in [0.4, 0.5) is 0 Å². The highest BCUT2D eigenvalue weighted by molar-refractivity contribution is 5.93. The van der Waals surface area contributed by atoms with Gasteiger partial charge in [-0.15, -0.1) is 0 Å². The summed E-state index contributed by atoms with van der Waals surface area (Å²) in [7, 11) is 1.59. The summed E-state index contributed by atoms with van der Waals surface area (Å²) in [5.41, 5.74) is 1.76. The molecule has 0 aliphatic heterocycles. The number of rotatable bonds is 7. The smallest absolute Gasteiger partial charge is 0.258 e. The lowest BCUT2D eigenvalue weighted by Gasteiger charge is -2.13. The molecule has 1 aliphatic rings. The Morgan fingerprint density at radius 3 is 2.78 bits per heavy atom. The van der Waals surface area contributed by atoms with Crippen LogP contribution in [0.5, 0.6) is 5.75 Å². The number of para-hydroxylation sites is 2. The zero-order valence-corrected chi connectivity index (χ0v) is 17.6. The average molecular weight is 430 g/mol. The van der Waals surface area contributed by atoms with Crippen LogP contribution < -0.4 is 15.6 Å². The highest BCUT2D eigenvalue weighted by Gasteiger charge is 2.29. The molecule has 5 rings (SSSR count). The summed E-state index contributed by atoms with van der Waals surface area (Å²) in [6, 6.07) is 16.3. The highest BCUT2D eigenvalue weighted by atomic mass is 16.5. The van der Waals surface area contributed by atoms with E-state index in [1.807, 2.05) is 48.5 Å². The molecule has 0 atom stereocenters. The van der Waals surface area contributed by atoms with Crippen molar-refractivity contribution in [2.24, 2.45) is 0 Å². The van der Waals surface area contributed by atoms with Crippen LogP contribution in [0.3, 0.4) is 0 Å². The average Bonchev–Trinajstić information content (AvgIpc) is 3.56. The second-order valence-corrected chi connectivity index (χ2v) is 7.82. The molecule has 0 unspecified atom stereocenters. The quantitative estimate of drug-likeness (QED) is 0.483. The summed E-state index contributed by atoms with van der Waals surface area (Å²) >= 11 is 0. The van der Waals surface area contributed by atoms with Crippen molar-refractivity contribution in [3.8, 4) is 17.2 Å². The van der Waals surface area contributed by atoms with E-state index in [1.54, 1.807) is 7.11 Å². The first-order valence-electron chi connectivity index (χ1n) is 10.5. The summed E-state index contributed by atoms with van der Waals surface area (Å²) in [5.74, 6) is 1.79. The first kappa shape index (κ1) is 20.0.